The molecule has 4 rings (SSSR count). The zero-order valence-electron chi connectivity index (χ0n) is 21.2. The predicted octanol–water partition coefficient (Wildman–Crippen LogP) is 10.3. The van der Waals surface area contributed by atoms with E-state index in [-0.39, 0.29) is 0 Å². The normalized spacial score (nSPS) is 10.1. The Bertz CT molecular complexity index is 1240. The van der Waals surface area contributed by atoms with Gasteiger partial charge < -0.3 is 0 Å². The van der Waals surface area contributed by atoms with Gasteiger partial charge in [0.05, 0.1) is 0 Å². The van der Waals surface area contributed by atoms with Crippen LogP contribution in [-0.4, -0.2) is 0 Å². The van der Waals surface area contributed by atoms with Gasteiger partial charge in [0.1, 0.15) is 0 Å². The SMILES string of the molecule is C=C/C=C(\C=C)c1ccc(C)cc1-c1ccccc1.C=CC.Cc1cccc(-c2ccccc2)c1. The molecule has 0 aromatic heterocycles. The molecule has 0 heterocycles. The molecule has 0 spiro atoms. The molecular formula is C35H36. The summed E-state index contributed by atoms with van der Waals surface area (Å²) in [6, 6.07) is 35.9. The topological polar surface area (TPSA) is 0 Å². The smallest absolute Gasteiger partial charge is 0.0103 e. The van der Waals surface area contributed by atoms with Gasteiger partial charge in [-0.15, -0.1) is 6.58 Å². The van der Waals surface area contributed by atoms with E-state index in [1.54, 1.807) is 12.2 Å². The molecule has 0 saturated heterocycles. The summed E-state index contributed by atoms with van der Waals surface area (Å²) in [6.45, 7) is 17.1. The molecule has 0 bridgehead atoms. The third-order valence-corrected chi connectivity index (χ3v) is 5.21. The van der Waals surface area contributed by atoms with Crippen LogP contribution in [0.4, 0.5) is 0 Å². The molecule has 0 N–H and O–H groups in total. The van der Waals surface area contributed by atoms with Crippen LogP contribution in [0.5, 0.6) is 0 Å². The van der Waals surface area contributed by atoms with Crippen LogP contribution in [0, 0.1) is 13.8 Å². The van der Waals surface area contributed by atoms with Gasteiger partial charge in [-0.3, -0.25) is 0 Å². The summed E-state index contributed by atoms with van der Waals surface area (Å²) < 4.78 is 0. The van der Waals surface area contributed by atoms with Gasteiger partial charge in [0.15, 0.2) is 0 Å². The number of benzene rings is 4. The highest BCUT2D eigenvalue weighted by molar-refractivity contribution is 5.86. The molecule has 4 aromatic rings. The van der Waals surface area contributed by atoms with Crippen LogP contribution in [-0.2, 0) is 0 Å². The van der Waals surface area contributed by atoms with E-state index in [0.29, 0.717) is 0 Å². The Balaban J connectivity index is 0.000000234. The van der Waals surface area contributed by atoms with Crippen molar-refractivity contribution >= 4 is 5.57 Å². The summed E-state index contributed by atoms with van der Waals surface area (Å²) in [6.07, 6.45) is 7.41. The van der Waals surface area contributed by atoms with E-state index in [1.807, 2.05) is 31.2 Å². The largest absolute Gasteiger partial charge is 0.103 e. The fourth-order valence-electron chi connectivity index (χ4n) is 3.62. The van der Waals surface area contributed by atoms with Crippen LogP contribution < -0.4 is 0 Å². The van der Waals surface area contributed by atoms with Gasteiger partial charge in [-0.1, -0.05) is 152 Å². The molecule has 0 unspecified atom stereocenters. The molecule has 176 valence electrons. The summed E-state index contributed by atoms with van der Waals surface area (Å²) >= 11 is 0. The van der Waals surface area contributed by atoms with Crippen LogP contribution in [0.15, 0.2) is 147 Å². The van der Waals surface area contributed by atoms with Gasteiger partial charge in [-0.05, 0) is 54.2 Å². The second-order valence-corrected chi connectivity index (χ2v) is 8.12. The van der Waals surface area contributed by atoms with E-state index < -0.39 is 0 Å². The van der Waals surface area contributed by atoms with Gasteiger partial charge in [0.25, 0.3) is 0 Å². The number of hydrogen-bond acceptors (Lipinski definition) is 0. The van der Waals surface area contributed by atoms with Gasteiger partial charge in [0, 0.05) is 0 Å². The molecule has 0 aliphatic carbocycles. The molecular weight excluding hydrogens is 420 g/mol. The van der Waals surface area contributed by atoms with Crippen LogP contribution in [0.1, 0.15) is 23.6 Å². The van der Waals surface area contributed by atoms with Crippen molar-refractivity contribution in [3.8, 4) is 22.3 Å². The summed E-state index contributed by atoms with van der Waals surface area (Å²) in [5.74, 6) is 0. The zero-order chi connectivity index (χ0) is 25.5. The maximum atomic E-state index is 3.90. The highest BCUT2D eigenvalue weighted by atomic mass is 14.1. The molecule has 0 aliphatic rings. The Morgan fingerprint density at radius 1 is 0.600 bits per heavy atom. The third-order valence-electron chi connectivity index (χ3n) is 5.21. The minimum atomic E-state index is 1.09. The van der Waals surface area contributed by atoms with E-state index in [0.717, 1.165) is 5.57 Å². The molecule has 4 aromatic carbocycles. The van der Waals surface area contributed by atoms with E-state index in [2.05, 4.69) is 125 Å². The second kappa shape index (κ2) is 14.9. The minimum Gasteiger partial charge on any atom is -0.103 e. The van der Waals surface area contributed by atoms with Crippen molar-refractivity contribution in [1.29, 1.82) is 0 Å². The first kappa shape index (κ1) is 27.1. The Morgan fingerprint density at radius 2 is 1.14 bits per heavy atom. The molecule has 0 heteroatoms. The van der Waals surface area contributed by atoms with E-state index in [1.165, 1.54) is 38.9 Å². The van der Waals surface area contributed by atoms with Gasteiger partial charge >= 0.3 is 0 Å². The first-order valence-corrected chi connectivity index (χ1v) is 11.8. The highest BCUT2D eigenvalue weighted by Crippen LogP contribution is 2.30. The lowest BCUT2D eigenvalue weighted by Gasteiger charge is -2.12. The standard InChI is InChI=1S/C19H18.C13H12.C3H6/c1-4-9-16(5-2)18-13-12-15(3)14-19(18)17-10-7-6-8-11-17;1-11-6-5-9-13(10-11)12-7-3-2-4-8-12;1-3-2/h4-14H,1-2H2,3H3;2-10H,1H3;3H,1H2,2H3/b16-9+;;. The fraction of sp³-hybridized carbons (Fsp3) is 0.0857. The predicted molar refractivity (Wildman–Crippen MR) is 157 cm³/mol. The van der Waals surface area contributed by atoms with Crippen molar-refractivity contribution in [2.75, 3.05) is 0 Å². The lowest BCUT2D eigenvalue weighted by Crippen LogP contribution is -1.89. The van der Waals surface area contributed by atoms with Gasteiger partial charge in [-0.2, -0.15) is 0 Å². The van der Waals surface area contributed by atoms with Crippen molar-refractivity contribution < 1.29 is 0 Å². The van der Waals surface area contributed by atoms with Gasteiger partial charge in [-0.25, -0.2) is 0 Å². The van der Waals surface area contributed by atoms with Crippen molar-refractivity contribution in [2.24, 2.45) is 0 Å². The summed E-state index contributed by atoms with van der Waals surface area (Å²) in [4.78, 5) is 0. The van der Waals surface area contributed by atoms with E-state index >= 15 is 0 Å². The van der Waals surface area contributed by atoms with Crippen molar-refractivity contribution in [3.05, 3.63) is 164 Å². The Morgan fingerprint density at radius 3 is 1.69 bits per heavy atom. The lowest BCUT2D eigenvalue weighted by atomic mass is 9.92. The first-order chi connectivity index (χ1) is 17.0. The van der Waals surface area contributed by atoms with Crippen LogP contribution in [0.2, 0.25) is 0 Å². The monoisotopic (exact) mass is 456 g/mol. The number of hydrogen-bond donors (Lipinski definition) is 0. The van der Waals surface area contributed by atoms with E-state index in [9.17, 15) is 0 Å². The molecule has 0 atom stereocenters. The lowest BCUT2D eigenvalue weighted by molar-refractivity contribution is 1.45. The van der Waals surface area contributed by atoms with Crippen LogP contribution in [0.3, 0.4) is 0 Å². The van der Waals surface area contributed by atoms with Gasteiger partial charge in [0.2, 0.25) is 0 Å². The zero-order valence-corrected chi connectivity index (χ0v) is 21.2. The maximum absolute atomic E-state index is 3.90. The third kappa shape index (κ3) is 8.61. The van der Waals surface area contributed by atoms with Crippen LogP contribution >= 0.6 is 0 Å². The second-order valence-electron chi connectivity index (χ2n) is 8.12. The molecule has 0 saturated carbocycles. The van der Waals surface area contributed by atoms with Crippen molar-refractivity contribution in [1.82, 2.24) is 0 Å². The molecule has 0 nitrogen and oxygen atoms in total. The molecule has 0 amide bonds. The maximum Gasteiger partial charge on any atom is -0.0103 e. The fourth-order valence-corrected chi connectivity index (χ4v) is 3.62. The Hall–Kier alpha value is -4.16. The molecule has 35 heavy (non-hydrogen) atoms. The van der Waals surface area contributed by atoms with Crippen LogP contribution in [0.25, 0.3) is 27.8 Å². The van der Waals surface area contributed by atoms with E-state index in [4.69, 9.17) is 0 Å². The average Bonchev–Trinajstić information content (AvgIpc) is 2.89. The molecule has 0 fully saturated rings. The Labute approximate surface area is 212 Å². The summed E-state index contributed by atoms with van der Waals surface area (Å²) in [5, 5.41) is 0. The molecule has 0 aliphatic heterocycles. The minimum absolute atomic E-state index is 1.09. The highest BCUT2D eigenvalue weighted by Gasteiger charge is 2.07. The number of rotatable bonds is 5. The number of allylic oxidation sites excluding steroid dienone is 5. The summed E-state index contributed by atoms with van der Waals surface area (Å²) in [7, 11) is 0. The summed E-state index contributed by atoms with van der Waals surface area (Å²) in [5.41, 5.74) is 9.87. The van der Waals surface area contributed by atoms with Crippen molar-refractivity contribution in [2.45, 2.75) is 20.8 Å². The average molecular weight is 457 g/mol. The van der Waals surface area contributed by atoms with Crippen molar-refractivity contribution in [3.63, 3.8) is 0 Å². The first-order valence-electron chi connectivity index (χ1n) is 11.8. The Kier molecular flexibility index (Phi) is 11.5. The quantitative estimate of drug-likeness (QED) is 0.207. The molecule has 0 radical (unpaired) electrons. The number of aryl methyl sites for hydroxylation is 2.